The Labute approximate surface area is 89.7 Å². The molecule has 14 heavy (non-hydrogen) atoms. The van der Waals surface area contributed by atoms with E-state index in [1.807, 2.05) is 12.1 Å². The summed E-state index contributed by atoms with van der Waals surface area (Å²) in [6.07, 6.45) is 6.28. The van der Waals surface area contributed by atoms with Gasteiger partial charge in [0.1, 0.15) is 0 Å². The van der Waals surface area contributed by atoms with Gasteiger partial charge in [0.25, 0.3) is 0 Å². The molecule has 0 bridgehead atoms. The molecule has 0 aliphatic rings. The standard InChI is InChI=1S/C12H13ClO/c1-3-4-9-12(2,14)10-5-7-11(13)8-6-10/h1,5-8,14H,4,9H2,2H3. The molecule has 0 aromatic heterocycles. The largest absolute Gasteiger partial charge is 0.385 e. The molecule has 1 nitrogen and oxygen atoms in total. The zero-order chi connectivity index (χ0) is 10.6. The van der Waals surface area contributed by atoms with Crippen LogP contribution in [0.4, 0.5) is 0 Å². The topological polar surface area (TPSA) is 20.2 Å². The molecule has 0 amide bonds. The van der Waals surface area contributed by atoms with Crippen molar-refractivity contribution in [3.8, 4) is 12.3 Å². The number of terminal acetylenes is 1. The van der Waals surface area contributed by atoms with Gasteiger partial charge in [0.2, 0.25) is 0 Å². The second-order valence-electron chi connectivity index (χ2n) is 3.48. The van der Waals surface area contributed by atoms with E-state index in [1.165, 1.54) is 0 Å². The van der Waals surface area contributed by atoms with E-state index >= 15 is 0 Å². The van der Waals surface area contributed by atoms with Gasteiger partial charge in [0.15, 0.2) is 0 Å². The van der Waals surface area contributed by atoms with Crippen molar-refractivity contribution in [2.45, 2.75) is 25.4 Å². The summed E-state index contributed by atoms with van der Waals surface area (Å²) in [5.41, 5.74) is -0.0195. The number of halogens is 1. The fraction of sp³-hybridized carbons (Fsp3) is 0.333. The van der Waals surface area contributed by atoms with E-state index < -0.39 is 5.60 Å². The number of aliphatic hydroxyl groups is 1. The molecule has 1 aromatic carbocycles. The summed E-state index contributed by atoms with van der Waals surface area (Å²) >= 11 is 5.75. The Morgan fingerprint density at radius 3 is 2.50 bits per heavy atom. The normalized spacial score (nSPS) is 14.4. The first-order chi connectivity index (χ1) is 6.56. The van der Waals surface area contributed by atoms with Crippen molar-refractivity contribution in [1.29, 1.82) is 0 Å². The summed E-state index contributed by atoms with van der Waals surface area (Å²) in [4.78, 5) is 0. The number of benzene rings is 1. The van der Waals surface area contributed by atoms with Gasteiger partial charge < -0.3 is 5.11 Å². The molecule has 1 rings (SSSR count). The minimum atomic E-state index is -0.864. The van der Waals surface area contributed by atoms with Crippen molar-refractivity contribution < 1.29 is 5.11 Å². The van der Waals surface area contributed by atoms with Gasteiger partial charge in [0.05, 0.1) is 5.60 Å². The predicted octanol–water partition coefficient (Wildman–Crippen LogP) is 2.96. The van der Waals surface area contributed by atoms with Crippen LogP contribution >= 0.6 is 11.6 Å². The maximum Gasteiger partial charge on any atom is 0.0877 e. The summed E-state index contributed by atoms with van der Waals surface area (Å²) in [6.45, 7) is 1.76. The lowest BCUT2D eigenvalue weighted by molar-refractivity contribution is 0.0494. The van der Waals surface area contributed by atoms with E-state index in [1.54, 1.807) is 19.1 Å². The maximum absolute atomic E-state index is 10.1. The number of rotatable bonds is 3. The fourth-order valence-corrected chi connectivity index (χ4v) is 1.39. The van der Waals surface area contributed by atoms with Crippen LogP contribution in [0.5, 0.6) is 0 Å². The van der Waals surface area contributed by atoms with Gasteiger partial charge in [-0.2, -0.15) is 0 Å². The molecule has 0 fully saturated rings. The second kappa shape index (κ2) is 4.50. The third-order valence-corrected chi connectivity index (χ3v) is 2.47. The van der Waals surface area contributed by atoms with Gasteiger partial charge in [-0.05, 0) is 31.0 Å². The van der Waals surface area contributed by atoms with Crippen LogP contribution < -0.4 is 0 Å². The lowest BCUT2D eigenvalue weighted by Crippen LogP contribution is -2.20. The van der Waals surface area contributed by atoms with Crippen LogP contribution in [0, 0.1) is 12.3 Å². The van der Waals surface area contributed by atoms with E-state index in [0.29, 0.717) is 17.9 Å². The van der Waals surface area contributed by atoms with Crippen LogP contribution in [0.25, 0.3) is 0 Å². The first-order valence-corrected chi connectivity index (χ1v) is 4.86. The number of hydrogen-bond acceptors (Lipinski definition) is 1. The average Bonchev–Trinajstić information content (AvgIpc) is 2.16. The van der Waals surface area contributed by atoms with Gasteiger partial charge in [0, 0.05) is 11.4 Å². The third-order valence-electron chi connectivity index (χ3n) is 2.22. The Morgan fingerprint density at radius 2 is 2.00 bits per heavy atom. The molecule has 0 saturated heterocycles. The highest BCUT2D eigenvalue weighted by Gasteiger charge is 2.21. The van der Waals surface area contributed by atoms with E-state index in [-0.39, 0.29) is 0 Å². The van der Waals surface area contributed by atoms with Crippen LogP contribution in [0.15, 0.2) is 24.3 Å². The molecule has 74 valence electrons. The second-order valence-corrected chi connectivity index (χ2v) is 3.92. The zero-order valence-electron chi connectivity index (χ0n) is 8.13. The Balaban J connectivity index is 2.82. The zero-order valence-corrected chi connectivity index (χ0v) is 8.88. The molecule has 0 aliphatic heterocycles. The Morgan fingerprint density at radius 1 is 1.43 bits per heavy atom. The minimum Gasteiger partial charge on any atom is -0.385 e. The van der Waals surface area contributed by atoms with Crippen LogP contribution in [0.1, 0.15) is 25.3 Å². The number of hydrogen-bond donors (Lipinski definition) is 1. The molecule has 2 heteroatoms. The summed E-state index contributed by atoms with van der Waals surface area (Å²) in [5, 5.41) is 10.7. The van der Waals surface area contributed by atoms with Crippen LogP contribution in [-0.4, -0.2) is 5.11 Å². The highest BCUT2D eigenvalue weighted by atomic mass is 35.5. The SMILES string of the molecule is C#CCCC(C)(O)c1ccc(Cl)cc1. The summed E-state index contributed by atoms with van der Waals surface area (Å²) in [6, 6.07) is 7.17. The summed E-state index contributed by atoms with van der Waals surface area (Å²) in [5.74, 6) is 2.52. The fourth-order valence-electron chi connectivity index (χ4n) is 1.27. The van der Waals surface area contributed by atoms with Crippen molar-refractivity contribution >= 4 is 11.6 Å². The van der Waals surface area contributed by atoms with Crippen molar-refractivity contribution in [3.63, 3.8) is 0 Å². The lowest BCUT2D eigenvalue weighted by atomic mass is 9.91. The molecule has 0 spiro atoms. The van der Waals surface area contributed by atoms with Gasteiger partial charge in [-0.1, -0.05) is 23.7 Å². The molecular formula is C12H13ClO. The van der Waals surface area contributed by atoms with Crippen LogP contribution in [0.2, 0.25) is 5.02 Å². The van der Waals surface area contributed by atoms with E-state index in [2.05, 4.69) is 5.92 Å². The highest BCUT2D eigenvalue weighted by molar-refractivity contribution is 6.30. The van der Waals surface area contributed by atoms with Crippen molar-refractivity contribution in [2.24, 2.45) is 0 Å². The van der Waals surface area contributed by atoms with Gasteiger partial charge in [-0.15, -0.1) is 12.3 Å². The molecule has 0 saturated carbocycles. The van der Waals surface area contributed by atoms with E-state index in [0.717, 1.165) is 5.56 Å². The van der Waals surface area contributed by atoms with E-state index in [9.17, 15) is 5.11 Å². The van der Waals surface area contributed by atoms with E-state index in [4.69, 9.17) is 18.0 Å². The molecule has 1 N–H and O–H groups in total. The minimum absolute atomic E-state index is 0.561. The van der Waals surface area contributed by atoms with Gasteiger partial charge in [-0.25, -0.2) is 0 Å². The quantitative estimate of drug-likeness (QED) is 0.758. The third kappa shape index (κ3) is 2.77. The molecular weight excluding hydrogens is 196 g/mol. The Kier molecular flexibility index (Phi) is 3.57. The molecule has 0 heterocycles. The Bertz CT molecular complexity index is 332. The van der Waals surface area contributed by atoms with Crippen molar-refractivity contribution in [2.75, 3.05) is 0 Å². The van der Waals surface area contributed by atoms with Crippen LogP contribution in [0.3, 0.4) is 0 Å². The first-order valence-electron chi connectivity index (χ1n) is 4.48. The lowest BCUT2D eigenvalue weighted by Gasteiger charge is -2.22. The van der Waals surface area contributed by atoms with Crippen LogP contribution in [-0.2, 0) is 5.60 Å². The highest BCUT2D eigenvalue weighted by Crippen LogP contribution is 2.26. The summed E-state index contributed by atoms with van der Waals surface area (Å²) in [7, 11) is 0. The Hall–Kier alpha value is -0.970. The van der Waals surface area contributed by atoms with Gasteiger partial charge >= 0.3 is 0 Å². The molecule has 1 unspecified atom stereocenters. The smallest absolute Gasteiger partial charge is 0.0877 e. The summed E-state index contributed by atoms with van der Waals surface area (Å²) < 4.78 is 0. The molecule has 0 aliphatic carbocycles. The van der Waals surface area contributed by atoms with Crippen molar-refractivity contribution in [3.05, 3.63) is 34.9 Å². The first kappa shape index (κ1) is 11.1. The monoisotopic (exact) mass is 208 g/mol. The van der Waals surface area contributed by atoms with Crippen molar-refractivity contribution in [1.82, 2.24) is 0 Å². The van der Waals surface area contributed by atoms with Gasteiger partial charge in [-0.3, -0.25) is 0 Å². The molecule has 1 aromatic rings. The predicted molar refractivity (Wildman–Crippen MR) is 59.1 cm³/mol. The molecule has 1 atom stereocenters. The average molecular weight is 209 g/mol. The maximum atomic E-state index is 10.1. The molecule has 0 radical (unpaired) electrons.